The number of benzene rings is 1. The number of anilines is 1. The van der Waals surface area contributed by atoms with Gasteiger partial charge in [-0.3, -0.25) is 9.59 Å². The molecule has 1 aromatic carbocycles. The summed E-state index contributed by atoms with van der Waals surface area (Å²) in [6.45, 7) is 8.19. The Labute approximate surface area is 364 Å². The summed E-state index contributed by atoms with van der Waals surface area (Å²) < 4.78 is 55.9. The molecule has 0 spiro atoms. The van der Waals surface area contributed by atoms with E-state index in [4.69, 9.17) is 42.6 Å². The zero-order valence-electron chi connectivity index (χ0n) is 38.3. The maximum atomic E-state index is 15.2. The molecule has 2 saturated carbocycles. The molecule has 0 radical (unpaired) electrons. The van der Waals surface area contributed by atoms with Gasteiger partial charge in [-0.1, -0.05) is 19.9 Å². The number of esters is 1. The molecule has 1 N–H and O–H groups in total. The zero-order valence-corrected chi connectivity index (χ0v) is 38.3. The highest BCUT2D eigenvalue weighted by molar-refractivity contribution is 5.99. The molecule has 3 aliphatic carbocycles. The van der Waals surface area contributed by atoms with Gasteiger partial charge in [0.05, 0.1) is 37.9 Å². The van der Waals surface area contributed by atoms with Crippen LogP contribution in [0.15, 0.2) is 35.9 Å². The third kappa shape index (κ3) is 10.0. The number of ketones is 1. The molecule has 5 fully saturated rings. The Kier molecular flexibility index (Phi) is 15.6. The lowest BCUT2D eigenvalue weighted by Gasteiger charge is -2.45. The molecule has 18 atom stereocenters. The maximum Gasteiger partial charge on any atom is 0.306 e. The van der Waals surface area contributed by atoms with Gasteiger partial charge in [0.1, 0.15) is 30.2 Å². The Balaban J connectivity index is 1.19. The summed E-state index contributed by atoms with van der Waals surface area (Å²) in [5, 5.41) is 3.90. The first-order valence-corrected chi connectivity index (χ1v) is 23.1. The minimum absolute atomic E-state index is 0.0133. The monoisotopic (exact) mass is 855 g/mol. The Morgan fingerprint density at radius 3 is 2.21 bits per heavy atom. The lowest BCUT2D eigenvalue weighted by Crippen LogP contribution is -2.59. The van der Waals surface area contributed by atoms with Crippen LogP contribution in [0.5, 0.6) is 5.75 Å². The van der Waals surface area contributed by atoms with E-state index < -0.39 is 18.3 Å². The molecule has 1 aromatic rings. The number of cyclic esters (lactones) is 1. The van der Waals surface area contributed by atoms with Gasteiger partial charge in [0.25, 0.3) is 0 Å². The Morgan fingerprint density at radius 1 is 0.820 bits per heavy atom. The smallest absolute Gasteiger partial charge is 0.306 e. The van der Waals surface area contributed by atoms with Gasteiger partial charge in [-0.2, -0.15) is 0 Å². The highest BCUT2D eigenvalue weighted by Crippen LogP contribution is 2.57. The van der Waals surface area contributed by atoms with E-state index in [2.05, 4.69) is 44.2 Å². The van der Waals surface area contributed by atoms with Crippen molar-refractivity contribution in [3.05, 3.63) is 35.9 Å². The summed E-state index contributed by atoms with van der Waals surface area (Å²) >= 11 is 0. The first-order valence-electron chi connectivity index (χ1n) is 23.1. The summed E-state index contributed by atoms with van der Waals surface area (Å²) in [4.78, 5) is 31.4. The number of ether oxygens (including phenoxy) is 9. The number of likely N-dealkylation sites (N-methyl/N-ethyl adjacent to an activating group) is 1. The van der Waals surface area contributed by atoms with E-state index >= 15 is 4.79 Å². The first kappa shape index (κ1) is 46.4. The van der Waals surface area contributed by atoms with E-state index in [0.717, 1.165) is 68.4 Å². The average molecular weight is 855 g/mol. The number of carbonyl (C=O) groups is 2. The molecule has 3 saturated heterocycles. The molecule has 13 heteroatoms. The highest BCUT2D eigenvalue weighted by Gasteiger charge is 2.57. The first-order chi connectivity index (χ1) is 29.4. The summed E-state index contributed by atoms with van der Waals surface area (Å²) in [6.07, 6.45) is 6.59. The van der Waals surface area contributed by atoms with Gasteiger partial charge < -0.3 is 52.8 Å². The van der Waals surface area contributed by atoms with Crippen molar-refractivity contribution in [2.45, 2.75) is 165 Å². The third-order valence-corrected chi connectivity index (χ3v) is 15.2. The number of Topliss-reactive ketones (excluding diaryl/α,β-unsaturated/α-hetero) is 1. The van der Waals surface area contributed by atoms with Crippen LogP contribution in [0.3, 0.4) is 0 Å². The summed E-state index contributed by atoms with van der Waals surface area (Å²) in [6, 6.07) is 8.31. The van der Waals surface area contributed by atoms with Crippen molar-refractivity contribution < 1.29 is 52.2 Å². The molecule has 13 nitrogen and oxygen atoms in total. The lowest BCUT2D eigenvalue weighted by atomic mass is 9.63. The molecule has 0 bridgehead atoms. The number of hydrogen-bond acceptors (Lipinski definition) is 13. The predicted octanol–water partition coefficient (Wildman–Crippen LogP) is 6.81. The van der Waals surface area contributed by atoms with Crippen LogP contribution in [-0.4, -0.2) is 133 Å². The summed E-state index contributed by atoms with van der Waals surface area (Å²) in [5.74, 6) is 0.448. The number of nitrogens with zero attached hydrogens (tertiary/aromatic N) is 1. The average Bonchev–Trinajstić information content (AvgIpc) is 3.83. The number of rotatable bonds is 12. The van der Waals surface area contributed by atoms with E-state index in [1.807, 2.05) is 38.1 Å². The van der Waals surface area contributed by atoms with E-state index in [-0.39, 0.29) is 96.9 Å². The molecule has 61 heavy (non-hydrogen) atoms. The number of allylic oxidation sites excluding steroid dienone is 2. The van der Waals surface area contributed by atoms with Crippen molar-refractivity contribution in [1.82, 2.24) is 4.90 Å². The molecule has 3 aliphatic heterocycles. The van der Waals surface area contributed by atoms with Crippen LogP contribution < -0.4 is 10.1 Å². The van der Waals surface area contributed by atoms with Gasteiger partial charge in [-0.25, -0.2) is 0 Å². The fraction of sp³-hybridized carbons (Fsp3) is 0.792. The molecular formula is C48H74N2O11. The molecule has 6 aliphatic rings. The van der Waals surface area contributed by atoms with Crippen LogP contribution >= 0.6 is 0 Å². The third-order valence-electron chi connectivity index (χ3n) is 15.2. The van der Waals surface area contributed by atoms with Gasteiger partial charge in [-0.05, 0) is 139 Å². The van der Waals surface area contributed by atoms with Crippen LogP contribution in [0.25, 0.3) is 0 Å². The van der Waals surface area contributed by atoms with Crippen LogP contribution in [0.2, 0.25) is 0 Å². The Bertz CT molecular complexity index is 1640. The highest BCUT2D eigenvalue weighted by atomic mass is 16.7. The second-order valence-electron chi connectivity index (χ2n) is 18.9. The fourth-order valence-electron chi connectivity index (χ4n) is 12.1. The lowest BCUT2D eigenvalue weighted by molar-refractivity contribution is -0.314. The van der Waals surface area contributed by atoms with Gasteiger partial charge in [0, 0.05) is 50.9 Å². The standard InChI is InChI=1S/C48H74N2O11/c1-11-31-13-12-14-40(61-42-20-19-39(50(5)6)27(3)57-42)26(2)44(52)37-24-35-34-23-33(60-48-47(56-10)46(55-9)45(54-8)28(4)58-48)21-29(34)22-38(43(35)36(37)25-41(51)59-31)49-30-15-17-32(53-7)18-16-30/h15-18,24,26-29,31,33-36,38-40,42-43,45-49H,11-14,19-23,25H2,1-10H3/t26-,27?,28?,29+,31+,33-,34-,35+,36-,38+,39+,40+,42+,43-,45+,46?,47?,48+/m1/s1. The second kappa shape index (κ2) is 20.5. The number of hydrogen-bond donors (Lipinski definition) is 1. The molecular weight excluding hydrogens is 781 g/mol. The number of nitrogens with one attached hydrogen (secondary N) is 1. The van der Waals surface area contributed by atoms with Crippen molar-refractivity contribution in [1.29, 1.82) is 0 Å². The predicted molar refractivity (Wildman–Crippen MR) is 230 cm³/mol. The van der Waals surface area contributed by atoms with Crippen molar-refractivity contribution in [2.75, 3.05) is 47.9 Å². The second-order valence-corrected chi connectivity index (χ2v) is 18.9. The fourth-order valence-corrected chi connectivity index (χ4v) is 12.1. The van der Waals surface area contributed by atoms with Gasteiger partial charge >= 0.3 is 5.97 Å². The minimum Gasteiger partial charge on any atom is -0.497 e. The molecule has 0 aromatic heterocycles. The number of methoxy groups -OCH3 is 4. The maximum absolute atomic E-state index is 15.2. The summed E-state index contributed by atoms with van der Waals surface area (Å²) in [7, 11) is 10.8. The molecule has 342 valence electrons. The number of fused-ring (bicyclic) bond motifs is 5. The largest absolute Gasteiger partial charge is 0.497 e. The van der Waals surface area contributed by atoms with Crippen molar-refractivity contribution >= 4 is 17.4 Å². The van der Waals surface area contributed by atoms with Crippen molar-refractivity contribution in [2.24, 2.45) is 35.5 Å². The zero-order chi connectivity index (χ0) is 43.5. The van der Waals surface area contributed by atoms with E-state index in [1.165, 1.54) is 0 Å². The Morgan fingerprint density at radius 2 is 1.56 bits per heavy atom. The number of carbonyl (C=O) groups excluding carboxylic acids is 2. The molecule has 7 rings (SSSR count). The van der Waals surface area contributed by atoms with Gasteiger partial charge in [-0.15, -0.1) is 0 Å². The normalized spacial score (nSPS) is 42.0. The van der Waals surface area contributed by atoms with Gasteiger partial charge in [0.15, 0.2) is 18.4 Å². The van der Waals surface area contributed by atoms with Crippen LogP contribution in [-0.2, 0) is 47.5 Å². The minimum atomic E-state index is -0.632. The molecule has 3 heterocycles. The molecule has 0 amide bonds. The van der Waals surface area contributed by atoms with E-state index in [1.54, 1.807) is 28.4 Å². The van der Waals surface area contributed by atoms with Crippen molar-refractivity contribution in [3.8, 4) is 5.75 Å². The SMILES string of the molecule is CC[C@H]1CCC[C@H](O[C@H]2CC[C@H](N(C)C)C(C)O2)[C@@H](C)C(=O)C2=C[C@H]3[C@@H]4C[C@H](O[C@@H]5OC(C)[C@H](OC)C(OC)C5OC)C[C@H]4C[C@H](Nc4ccc(OC)cc4)[C@H]3[C@@H]2CC(=O)O1. The van der Waals surface area contributed by atoms with Crippen molar-refractivity contribution in [3.63, 3.8) is 0 Å². The van der Waals surface area contributed by atoms with Crippen LogP contribution in [0.1, 0.15) is 91.9 Å². The van der Waals surface area contributed by atoms with Crippen LogP contribution in [0.4, 0.5) is 5.69 Å². The molecule has 4 unspecified atom stereocenters. The van der Waals surface area contributed by atoms with Crippen LogP contribution in [0, 0.1) is 35.5 Å². The Hall–Kier alpha value is -2.62. The van der Waals surface area contributed by atoms with E-state index in [9.17, 15) is 4.79 Å². The summed E-state index contributed by atoms with van der Waals surface area (Å²) in [5.41, 5.74) is 1.72. The van der Waals surface area contributed by atoms with Gasteiger partial charge in [0.2, 0.25) is 0 Å². The quantitative estimate of drug-likeness (QED) is 0.221. The topological polar surface area (TPSA) is 132 Å². The van der Waals surface area contributed by atoms with E-state index in [0.29, 0.717) is 18.4 Å².